The number of carbonyl (C=O) groups excluding carboxylic acids is 1. The maximum atomic E-state index is 12.3. The van der Waals surface area contributed by atoms with Crippen molar-refractivity contribution in [2.24, 2.45) is 0 Å². The minimum atomic E-state index is 0.142. The van der Waals surface area contributed by atoms with Crippen LogP contribution in [0.15, 0.2) is 36.9 Å². The number of hydrogen-bond donors (Lipinski definition) is 1. The van der Waals surface area contributed by atoms with Crippen LogP contribution in [0.1, 0.15) is 18.4 Å². The van der Waals surface area contributed by atoms with Crippen LogP contribution in [0.4, 0.5) is 5.69 Å². The SMILES string of the molecule is Cc1cnn(CC(=O)N2CCC(Nc3cccnc3)CC2)c1. The van der Waals surface area contributed by atoms with Crippen molar-refractivity contribution in [2.75, 3.05) is 18.4 Å². The summed E-state index contributed by atoms with van der Waals surface area (Å²) >= 11 is 0. The van der Waals surface area contributed by atoms with Crippen LogP contribution in [0, 0.1) is 6.92 Å². The van der Waals surface area contributed by atoms with Gasteiger partial charge in [-0.1, -0.05) is 0 Å². The summed E-state index contributed by atoms with van der Waals surface area (Å²) in [6, 6.07) is 4.35. The quantitative estimate of drug-likeness (QED) is 0.933. The molecule has 0 bridgehead atoms. The molecule has 0 saturated carbocycles. The molecule has 3 heterocycles. The lowest BCUT2D eigenvalue weighted by atomic mass is 10.0. The molecule has 0 spiro atoms. The molecule has 1 fully saturated rings. The second-order valence-corrected chi connectivity index (χ2v) is 5.76. The summed E-state index contributed by atoms with van der Waals surface area (Å²) in [5, 5.41) is 7.65. The summed E-state index contributed by atoms with van der Waals surface area (Å²) in [4.78, 5) is 18.3. The van der Waals surface area contributed by atoms with Gasteiger partial charge in [0.15, 0.2) is 0 Å². The molecule has 2 aromatic heterocycles. The van der Waals surface area contributed by atoms with E-state index in [0.29, 0.717) is 12.6 Å². The monoisotopic (exact) mass is 299 g/mol. The lowest BCUT2D eigenvalue weighted by Gasteiger charge is -2.32. The molecule has 1 aliphatic heterocycles. The zero-order chi connectivity index (χ0) is 15.4. The van der Waals surface area contributed by atoms with Gasteiger partial charge in [-0.2, -0.15) is 5.10 Å². The molecule has 1 N–H and O–H groups in total. The number of pyridine rings is 1. The van der Waals surface area contributed by atoms with Crippen LogP contribution in [-0.2, 0) is 11.3 Å². The summed E-state index contributed by atoms with van der Waals surface area (Å²) < 4.78 is 1.71. The third-order valence-electron chi connectivity index (χ3n) is 3.94. The molecule has 1 aliphatic rings. The van der Waals surface area contributed by atoms with Crippen molar-refractivity contribution in [3.05, 3.63) is 42.5 Å². The van der Waals surface area contributed by atoms with E-state index < -0.39 is 0 Å². The zero-order valence-corrected chi connectivity index (χ0v) is 12.8. The number of piperidine rings is 1. The van der Waals surface area contributed by atoms with Gasteiger partial charge in [-0.15, -0.1) is 0 Å². The van der Waals surface area contributed by atoms with Gasteiger partial charge in [0.1, 0.15) is 6.54 Å². The number of aryl methyl sites for hydroxylation is 1. The molecule has 0 atom stereocenters. The summed E-state index contributed by atoms with van der Waals surface area (Å²) in [5.74, 6) is 0.142. The van der Waals surface area contributed by atoms with Crippen LogP contribution in [0.2, 0.25) is 0 Å². The number of carbonyl (C=O) groups is 1. The second-order valence-electron chi connectivity index (χ2n) is 5.76. The smallest absolute Gasteiger partial charge is 0.244 e. The topological polar surface area (TPSA) is 63.1 Å². The van der Waals surface area contributed by atoms with Gasteiger partial charge in [0.25, 0.3) is 0 Å². The second kappa shape index (κ2) is 6.60. The number of amides is 1. The van der Waals surface area contributed by atoms with Crippen molar-refractivity contribution in [1.29, 1.82) is 0 Å². The number of aromatic nitrogens is 3. The number of nitrogens with zero attached hydrogens (tertiary/aromatic N) is 4. The third kappa shape index (κ3) is 3.63. The van der Waals surface area contributed by atoms with E-state index >= 15 is 0 Å². The Kier molecular flexibility index (Phi) is 4.37. The van der Waals surface area contributed by atoms with Gasteiger partial charge in [-0.05, 0) is 37.5 Å². The largest absolute Gasteiger partial charge is 0.381 e. The van der Waals surface area contributed by atoms with E-state index in [1.165, 1.54) is 0 Å². The van der Waals surface area contributed by atoms with E-state index in [1.54, 1.807) is 17.1 Å². The first kappa shape index (κ1) is 14.6. The Morgan fingerprint density at radius 2 is 2.18 bits per heavy atom. The number of rotatable bonds is 4. The first-order chi connectivity index (χ1) is 10.7. The van der Waals surface area contributed by atoms with E-state index in [4.69, 9.17) is 0 Å². The van der Waals surface area contributed by atoms with E-state index in [2.05, 4.69) is 15.4 Å². The Morgan fingerprint density at radius 1 is 1.36 bits per heavy atom. The van der Waals surface area contributed by atoms with Crippen LogP contribution >= 0.6 is 0 Å². The molecule has 0 aromatic carbocycles. The molecule has 116 valence electrons. The average molecular weight is 299 g/mol. The molecular weight excluding hydrogens is 278 g/mol. The minimum Gasteiger partial charge on any atom is -0.381 e. The Labute approximate surface area is 130 Å². The molecule has 0 aliphatic carbocycles. The highest BCUT2D eigenvalue weighted by Crippen LogP contribution is 2.16. The van der Waals surface area contributed by atoms with Crippen LogP contribution in [0.3, 0.4) is 0 Å². The van der Waals surface area contributed by atoms with E-state index in [0.717, 1.165) is 37.2 Å². The molecule has 0 radical (unpaired) electrons. The summed E-state index contributed by atoms with van der Waals surface area (Å²) in [6.07, 6.45) is 9.19. The van der Waals surface area contributed by atoms with Gasteiger partial charge in [0.05, 0.1) is 11.9 Å². The Morgan fingerprint density at radius 3 is 2.82 bits per heavy atom. The van der Waals surface area contributed by atoms with Crippen LogP contribution in [0.25, 0.3) is 0 Å². The fourth-order valence-electron chi connectivity index (χ4n) is 2.75. The van der Waals surface area contributed by atoms with Gasteiger partial charge < -0.3 is 10.2 Å². The third-order valence-corrected chi connectivity index (χ3v) is 3.94. The Bertz CT molecular complexity index is 616. The molecule has 3 rings (SSSR count). The maximum absolute atomic E-state index is 12.3. The molecule has 2 aromatic rings. The van der Waals surface area contributed by atoms with Crippen LogP contribution in [0.5, 0.6) is 0 Å². The molecule has 6 heteroatoms. The predicted octanol–water partition coefficient (Wildman–Crippen LogP) is 1.69. The van der Waals surface area contributed by atoms with Crippen molar-refractivity contribution >= 4 is 11.6 Å². The van der Waals surface area contributed by atoms with Crippen LogP contribution < -0.4 is 5.32 Å². The van der Waals surface area contributed by atoms with Crippen LogP contribution in [-0.4, -0.2) is 44.7 Å². The van der Waals surface area contributed by atoms with Crippen molar-refractivity contribution < 1.29 is 4.79 Å². The minimum absolute atomic E-state index is 0.142. The van der Waals surface area contributed by atoms with E-state index in [9.17, 15) is 4.79 Å². The van der Waals surface area contributed by atoms with Gasteiger partial charge in [-0.25, -0.2) is 0 Å². The van der Waals surface area contributed by atoms with Gasteiger partial charge in [0.2, 0.25) is 5.91 Å². The first-order valence-corrected chi connectivity index (χ1v) is 7.64. The number of anilines is 1. The fourth-order valence-corrected chi connectivity index (χ4v) is 2.75. The number of hydrogen-bond acceptors (Lipinski definition) is 4. The van der Waals surface area contributed by atoms with Gasteiger partial charge in [-0.3, -0.25) is 14.5 Å². The molecule has 0 unspecified atom stereocenters. The van der Waals surface area contributed by atoms with E-state index in [1.807, 2.05) is 36.4 Å². The highest BCUT2D eigenvalue weighted by molar-refractivity contribution is 5.76. The first-order valence-electron chi connectivity index (χ1n) is 7.64. The van der Waals surface area contributed by atoms with Gasteiger partial charge >= 0.3 is 0 Å². The van der Waals surface area contributed by atoms with Crippen molar-refractivity contribution in [1.82, 2.24) is 19.7 Å². The molecule has 22 heavy (non-hydrogen) atoms. The molecule has 1 saturated heterocycles. The molecule has 1 amide bonds. The van der Waals surface area contributed by atoms with Gasteiger partial charge in [0, 0.05) is 37.7 Å². The highest BCUT2D eigenvalue weighted by Gasteiger charge is 2.22. The Balaban J connectivity index is 1.48. The predicted molar refractivity (Wildman–Crippen MR) is 84.4 cm³/mol. The normalized spacial score (nSPS) is 15.8. The lowest BCUT2D eigenvalue weighted by molar-refractivity contribution is -0.133. The number of likely N-dealkylation sites (tertiary alicyclic amines) is 1. The van der Waals surface area contributed by atoms with Crippen molar-refractivity contribution in [3.8, 4) is 0 Å². The lowest BCUT2D eigenvalue weighted by Crippen LogP contribution is -2.43. The zero-order valence-electron chi connectivity index (χ0n) is 12.8. The highest BCUT2D eigenvalue weighted by atomic mass is 16.2. The van der Waals surface area contributed by atoms with Crippen molar-refractivity contribution in [2.45, 2.75) is 32.4 Å². The number of nitrogens with one attached hydrogen (secondary N) is 1. The van der Waals surface area contributed by atoms with E-state index in [-0.39, 0.29) is 5.91 Å². The van der Waals surface area contributed by atoms with Crippen molar-refractivity contribution in [3.63, 3.8) is 0 Å². The summed E-state index contributed by atoms with van der Waals surface area (Å²) in [7, 11) is 0. The summed E-state index contributed by atoms with van der Waals surface area (Å²) in [5.41, 5.74) is 2.12. The Hall–Kier alpha value is -2.37. The molecular formula is C16H21N5O. The fraction of sp³-hybridized carbons (Fsp3) is 0.438. The standard InChI is InChI=1S/C16H21N5O/c1-13-9-18-21(11-13)12-16(22)20-7-4-14(5-8-20)19-15-3-2-6-17-10-15/h2-3,6,9-11,14,19H,4-5,7-8,12H2,1H3. The molecule has 6 nitrogen and oxygen atoms in total. The maximum Gasteiger partial charge on any atom is 0.244 e. The average Bonchev–Trinajstić information content (AvgIpc) is 2.94. The summed E-state index contributed by atoms with van der Waals surface area (Å²) in [6.45, 7) is 3.88.